The van der Waals surface area contributed by atoms with Crippen molar-refractivity contribution in [1.82, 2.24) is 21.2 Å². The van der Waals surface area contributed by atoms with E-state index >= 15 is 0 Å². The van der Waals surface area contributed by atoms with E-state index in [1.807, 2.05) is 71.0 Å². The number of amides is 2. The summed E-state index contributed by atoms with van der Waals surface area (Å²) in [6.07, 6.45) is 11.2. The summed E-state index contributed by atoms with van der Waals surface area (Å²) >= 11 is 0. The van der Waals surface area contributed by atoms with E-state index in [0.717, 1.165) is 35.4 Å². The first-order valence-electron chi connectivity index (χ1n) is 20.4. The van der Waals surface area contributed by atoms with E-state index in [2.05, 4.69) is 69.1 Å². The van der Waals surface area contributed by atoms with Crippen LogP contribution < -0.4 is 26.7 Å². The average molecular weight is 776 g/mol. The van der Waals surface area contributed by atoms with Crippen molar-refractivity contribution < 1.29 is 29.5 Å². The Morgan fingerprint density at radius 1 is 0.964 bits per heavy atom. The summed E-state index contributed by atoms with van der Waals surface area (Å²) in [5, 5.41) is 28.7. The van der Waals surface area contributed by atoms with Crippen molar-refractivity contribution >= 4 is 23.1 Å². The molecule has 3 fully saturated rings. The zero-order valence-corrected chi connectivity index (χ0v) is 34.4. The number of primary amides is 1. The molecule has 310 valence electrons. The molecule has 56 heavy (non-hydrogen) atoms. The number of nitrogens with two attached hydrogens (primary N) is 1. The third-order valence-electron chi connectivity index (χ3n) is 9.91. The number of aliphatic hydroxyl groups excluding tert-OH is 1. The SMILES string of the molecule is C1CC1.C=C(CCOc1ccc2ccccc2c1)NC(Cc1ccccc1)C(O)CN1CC2CCCCC2CC1C(=O)NC(C)(C)C.CC(C)ONO.NC=O. The predicted molar refractivity (Wildman–Crippen MR) is 225 cm³/mol. The summed E-state index contributed by atoms with van der Waals surface area (Å²) in [6.45, 7) is 15.8. The summed E-state index contributed by atoms with van der Waals surface area (Å²) < 4.78 is 6.08. The van der Waals surface area contributed by atoms with Crippen LogP contribution in [0.25, 0.3) is 10.8 Å². The minimum absolute atomic E-state index is 0.0370. The molecule has 11 heteroatoms. The highest BCUT2D eigenvalue weighted by Crippen LogP contribution is 2.39. The third kappa shape index (κ3) is 17.9. The van der Waals surface area contributed by atoms with Gasteiger partial charge in [-0.1, -0.05) is 111 Å². The third-order valence-corrected chi connectivity index (χ3v) is 9.91. The second kappa shape index (κ2) is 24.6. The zero-order chi connectivity index (χ0) is 40.9. The largest absolute Gasteiger partial charge is 0.493 e. The number of β-amino-alcohol motifs (C(OH)–C–C–N with tert-alkyl or cyclic N) is 1. The Labute approximate surface area is 335 Å². The van der Waals surface area contributed by atoms with Crippen LogP contribution in [-0.4, -0.2) is 77.1 Å². The van der Waals surface area contributed by atoms with Crippen LogP contribution in [0, 0.1) is 11.8 Å². The topological polar surface area (TPSA) is 158 Å². The van der Waals surface area contributed by atoms with Gasteiger partial charge in [0.2, 0.25) is 12.3 Å². The fourth-order valence-electron chi connectivity index (χ4n) is 7.13. The molecule has 0 bridgehead atoms. The number of nitrogens with zero attached hydrogens (tertiary/aromatic N) is 1. The van der Waals surface area contributed by atoms with Crippen molar-refractivity contribution in [1.29, 1.82) is 0 Å². The van der Waals surface area contributed by atoms with E-state index in [1.165, 1.54) is 50.3 Å². The number of likely N-dealkylation sites (tertiary alicyclic amines) is 1. The highest BCUT2D eigenvalue weighted by atomic mass is 16.8. The number of rotatable bonds is 14. The number of ether oxygens (including phenoxy) is 1. The Morgan fingerprint density at radius 3 is 2.18 bits per heavy atom. The van der Waals surface area contributed by atoms with Gasteiger partial charge in [-0.15, -0.1) is 0 Å². The molecule has 2 amide bonds. The first kappa shape index (κ1) is 46.4. The van der Waals surface area contributed by atoms with Crippen LogP contribution in [0.5, 0.6) is 5.75 Å². The minimum Gasteiger partial charge on any atom is -0.493 e. The van der Waals surface area contributed by atoms with Crippen LogP contribution in [0.15, 0.2) is 85.1 Å². The van der Waals surface area contributed by atoms with Gasteiger partial charge in [0.05, 0.1) is 30.9 Å². The Hall–Kier alpha value is -4.00. The van der Waals surface area contributed by atoms with Crippen molar-refractivity contribution in [2.45, 2.75) is 129 Å². The minimum atomic E-state index is -0.682. The van der Waals surface area contributed by atoms with Gasteiger partial charge >= 0.3 is 0 Å². The van der Waals surface area contributed by atoms with Crippen LogP contribution >= 0.6 is 0 Å². The van der Waals surface area contributed by atoms with E-state index in [-0.39, 0.29) is 36.0 Å². The summed E-state index contributed by atoms with van der Waals surface area (Å²) in [7, 11) is 0. The van der Waals surface area contributed by atoms with Gasteiger partial charge in [0, 0.05) is 30.7 Å². The maximum absolute atomic E-state index is 13.5. The molecule has 0 radical (unpaired) electrons. The van der Waals surface area contributed by atoms with Crippen molar-refractivity contribution in [3.05, 3.63) is 90.6 Å². The van der Waals surface area contributed by atoms with Crippen molar-refractivity contribution in [3.8, 4) is 5.75 Å². The van der Waals surface area contributed by atoms with Crippen LogP contribution in [0.2, 0.25) is 0 Å². The van der Waals surface area contributed by atoms with Gasteiger partial charge in [0.1, 0.15) is 5.75 Å². The molecule has 6 rings (SSSR count). The summed E-state index contributed by atoms with van der Waals surface area (Å²) in [4.78, 5) is 28.7. The van der Waals surface area contributed by atoms with Crippen molar-refractivity contribution in [2.24, 2.45) is 17.6 Å². The number of carbonyl (C=O) groups excluding carboxylic acids is 2. The van der Waals surface area contributed by atoms with Gasteiger partial charge in [0.25, 0.3) is 0 Å². The lowest BCUT2D eigenvalue weighted by atomic mass is 9.72. The number of hydrogen-bond acceptors (Lipinski definition) is 9. The number of nitrogens with one attached hydrogen (secondary N) is 3. The Kier molecular flexibility index (Phi) is 20.4. The molecule has 3 aromatic rings. The fourth-order valence-corrected chi connectivity index (χ4v) is 7.13. The van der Waals surface area contributed by atoms with Gasteiger partial charge in [0.15, 0.2) is 0 Å². The van der Waals surface area contributed by atoms with E-state index in [4.69, 9.17) is 14.7 Å². The fraction of sp³-hybridized carbons (Fsp3) is 0.556. The highest BCUT2D eigenvalue weighted by Gasteiger charge is 2.41. The quantitative estimate of drug-likeness (QED) is 0.0746. The van der Waals surface area contributed by atoms with E-state index in [9.17, 15) is 9.90 Å². The summed E-state index contributed by atoms with van der Waals surface area (Å²) in [5.74, 6) is 2.10. The summed E-state index contributed by atoms with van der Waals surface area (Å²) in [5.41, 5.74) is 7.42. The number of piperidine rings is 1. The lowest BCUT2D eigenvalue weighted by molar-refractivity contribution is -0.152. The molecule has 3 aliphatic rings. The first-order chi connectivity index (χ1) is 26.8. The molecule has 1 saturated heterocycles. The molecular formula is C45H69N5O6. The molecule has 5 unspecified atom stereocenters. The van der Waals surface area contributed by atoms with Gasteiger partial charge < -0.3 is 26.2 Å². The standard InChI is InChI=1S/C38H51N3O3.C3H9NO2.C3H6.CH3NO/c1-27(20-21-44-33-19-18-29-14-8-9-15-30(29)23-33)39-34(22-28-12-6-5-7-13-28)36(42)26-41-25-32-17-11-10-16-31(32)24-35(41)37(43)40-38(2,3)4;1-3(2)6-4-5;1-2-3-1;2-1-3/h5-9,12-15,18-19,23,31-32,34-36,39,42H,1,10-11,16-17,20-22,24-26H2,2-4H3,(H,40,43);3-5H,1-2H3;1-3H2;1H,(H2,2,3). The Bertz CT molecular complexity index is 1580. The van der Waals surface area contributed by atoms with E-state index < -0.39 is 6.10 Å². The predicted octanol–water partition coefficient (Wildman–Crippen LogP) is 7.06. The van der Waals surface area contributed by atoms with Gasteiger partial charge in [-0.3, -0.25) is 24.5 Å². The summed E-state index contributed by atoms with van der Waals surface area (Å²) in [6, 6.07) is 24.2. The van der Waals surface area contributed by atoms with Crippen molar-refractivity contribution in [2.75, 3.05) is 19.7 Å². The molecule has 2 aliphatic carbocycles. The zero-order valence-electron chi connectivity index (χ0n) is 34.4. The van der Waals surface area contributed by atoms with Gasteiger partial charge in [-0.2, -0.15) is 0 Å². The van der Waals surface area contributed by atoms with Crippen LogP contribution in [0.3, 0.4) is 0 Å². The number of aliphatic hydroxyl groups is 1. The number of carbonyl (C=O) groups is 2. The smallest absolute Gasteiger partial charge is 0.237 e. The molecule has 3 aromatic carbocycles. The van der Waals surface area contributed by atoms with Crippen LogP contribution in [-0.2, 0) is 20.8 Å². The van der Waals surface area contributed by atoms with E-state index in [1.54, 1.807) is 5.64 Å². The number of fused-ring (bicyclic) bond motifs is 2. The van der Waals surface area contributed by atoms with Crippen LogP contribution in [0.1, 0.15) is 98.0 Å². The highest BCUT2D eigenvalue weighted by molar-refractivity contribution is 5.84. The normalized spacial score (nSPS) is 19.9. The molecule has 2 saturated carbocycles. The first-order valence-corrected chi connectivity index (χ1v) is 20.4. The maximum Gasteiger partial charge on any atom is 0.237 e. The van der Waals surface area contributed by atoms with Gasteiger partial charge in [-0.05, 0) is 94.2 Å². The number of benzene rings is 3. The van der Waals surface area contributed by atoms with Gasteiger partial charge in [-0.25, -0.2) is 0 Å². The van der Waals surface area contributed by atoms with Crippen LogP contribution in [0.4, 0.5) is 0 Å². The molecule has 1 heterocycles. The molecule has 5 atom stereocenters. The molecule has 0 aromatic heterocycles. The molecule has 0 spiro atoms. The molecular weight excluding hydrogens is 707 g/mol. The monoisotopic (exact) mass is 776 g/mol. The second-order valence-electron chi connectivity index (χ2n) is 16.4. The average Bonchev–Trinajstić information content (AvgIpc) is 4.05. The number of hydrogen-bond donors (Lipinski definition) is 6. The lowest BCUT2D eigenvalue weighted by Crippen LogP contribution is -2.60. The Balaban J connectivity index is 0.000000608. The Morgan fingerprint density at radius 2 is 1.59 bits per heavy atom. The molecule has 1 aliphatic heterocycles. The van der Waals surface area contributed by atoms with E-state index in [0.29, 0.717) is 37.8 Å². The lowest BCUT2D eigenvalue weighted by Gasteiger charge is -2.47. The molecule has 7 N–H and O–H groups in total. The maximum atomic E-state index is 13.5. The van der Waals surface area contributed by atoms with Crippen molar-refractivity contribution in [3.63, 3.8) is 0 Å². The second-order valence-corrected chi connectivity index (χ2v) is 16.4. The molecule has 11 nitrogen and oxygen atoms in total.